The third-order valence-corrected chi connectivity index (χ3v) is 2.77. The minimum Gasteiger partial charge on any atom is -0.456 e. The van der Waals surface area contributed by atoms with E-state index in [-0.39, 0.29) is 11.7 Å². The first kappa shape index (κ1) is 11.8. The van der Waals surface area contributed by atoms with E-state index in [9.17, 15) is 4.39 Å². The summed E-state index contributed by atoms with van der Waals surface area (Å²) in [5, 5.41) is 2.97. The zero-order valence-corrected chi connectivity index (χ0v) is 9.40. The SMILES string of the molecule is C=C(Oc1cncnc1N)[C@H]1CCNC[C@@H]1F. The number of ether oxygens (including phenoxy) is 1. The second-order valence-electron chi connectivity index (χ2n) is 3.96. The minimum absolute atomic E-state index is 0.227. The molecule has 5 nitrogen and oxygen atoms in total. The van der Waals surface area contributed by atoms with Crippen molar-refractivity contribution >= 4 is 5.82 Å². The van der Waals surface area contributed by atoms with Gasteiger partial charge in [-0.2, -0.15) is 0 Å². The summed E-state index contributed by atoms with van der Waals surface area (Å²) in [4.78, 5) is 7.59. The first-order valence-corrected chi connectivity index (χ1v) is 5.45. The van der Waals surface area contributed by atoms with Gasteiger partial charge < -0.3 is 15.8 Å². The number of nitrogen functional groups attached to an aromatic ring is 1. The standard InChI is InChI=1S/C11H15FN4O/c1-7(8-2-3-14-4-9(8)12)17-10-5-15-6-16-11(10)13/h5-6,8-9,14H,1-4H2,(H2,13,15,16)/t8-,9+/m1/s1. The molecule has 0 spiro atoms. The summed E-state index contributed by atoms with van der Waals surface area (Å²) in [6.45, 7) is 4.85. The van der Waals surface area contributed by atoms with Crippen molar-refractivity contribution in [2.75, 3.05) is 18.8 Å². The molecule has 0 aromatic carbocycles. The van der Waals surface area contributed by atoms with Crippen molar-refractivity contribution in [1.82, 2.24) is 15.3 Å². The van der Waals surface area contributed by atoms with Crippen molar-refractivity contribution in [1.29, 1.82) is 0 Å². The largest absolute Gasteiger partial charge is 0.456 e. The Balaban J connectivity index is 2.03. The van der Waals surface area contributed by atoms with E-state index < -0.39 is 6.17 Å². The molecule has 92 valence electrons. The number of anilines is 1. The maximum Gasteiger partial charge on any atom is 0.187 e. The second-order valence-corrected chi connectivity index (χ2v) is 3.96. The molecule has 0 aliphatic carbocycles. The number of allylic oxidation sites excluding steroid dienone is 1. The van der Waals surface area contributed by atoms with E-state index in [2.05, 4.69) is 21.9 Å². The summed E-state index contributed by atoms with van der Waals surface area (Å²) in [6, 6.07) is 0. The van der Waals surface area contributed by atoms with Gasteiger partial charge in [0.2, 0.25) is 0 Å². The van der Waals surface area contributed by atoms with Gasteiger partial charge in [-0.1, -0.05) is 6.58 Å². The maximum atomic E-state index is 13.6. The van der Waals surface area contributed by atoms with Crippen LogP contribution in [0.4, 0.5) is 10.2 Å². The van der Waals surface area contributed by atoms with Crippen LogP contribution in [0.2, 0.25) is 0 Å². The van der Waals surface area contributed by atoms with Crippen molar-refractivity contribution in [2.45, 2.75) is 12.6 Å². The maximum absolute atomic E-state index is 13.6. The lowest BCUT2D eigenvalue weighted by molar-refractivity contribution is 0.169. The predicted molar refractivity (Wildman–Crippen MR) is 62.1 cm³/mol. The van der Waals surface area contributed by atoms with Gasteiger partial charge in [0.15, 0.2) is 11.6 Å². The molecule has 2 heterocycles. The summed E-state index contributed by atoms with van der Waals surface area (Å²) >= 11 is 0. The first-order valence-electron chi connectivity index (χ1n) is 5.45. The number of aromatic nitrogens is 2. The quantitative estimate of drug-likeness (QED) is 0.765. The molecule has 0 unspecified atom stereocenters. The number of alkyl halides is 1. The van der Waals surface area contributed by atoms with Crippen molar-refractivity contribution in [3.63, 3.8) is 0 Å². The summed E-state index contributed by atoms with van der Waals surface area (Å²) < 4.78 is 19.1. The zero-order valence-electron chi connectivity index (χ0n) is 9.40. The first-order chi connectivity index (χ1) is 8.18. The van der Waals surface area contributed by atoms with Gasteiger partial charge in [0.05, 0.1) is 12.1 Å². The Morgan fingerprint density at radius 1 is 1.65 bits per heavy atom. The van der Waals surface area contributed by atoms with Crippen LogP contribution in [0.1, 0.15) is 6.42 Å². The average Bonchev–Trinajstić information content (AvgIpc) is 2.32. The lowest BCUT2D eigenvalue weighted by Crippen LogP contribution is -2.39. The Kier molecular flexibility index (Phi) is 3.53. The average molecular weight is 238 g/mol. The van der Waals surface area contributed by atoms with E-state index in [1.165, 1.54) is 12.5 Å². The number of nitrogens with zero attached hydrogens (tertiary/aromatic N) is 2. The van der Waals surface area contributed by atoms with Crippen LogP contribution < -0.4 is 15.8 Å². The van der Waals surface area contributed by atoms with E-state index in [1.54, 1.807) is 0 Å². The second kappa shape index (κ2) is 5.09. The van der Waals surface area contributed by atoms with Gasteiger partial charge in [0.1, 0.15) is 18.3 Å². The number of piperidine rings is 1. The van der Waals surface area contributed by atoms with Crippen LogP contribution in [-0.4, -0.2) is 29.2 Å². The lowest BCUT2D eigenvalue weighted by atomic mass is 9.95. The van der Waals surface area contributed by atoms with Crippen molar-refractivity contribution < 1.29 is 9.13 Å². The molecule has 0 amide bonds. The van der Waals surface area contributed by atoms with Gasteiger partial charge in [-0.25, -0.2) is 14.4 Å². The van der Waals surface area contributed by atoms with Crippen LogP contribution in [0.25, 0.3) is 0 Å². The molecule has 17 heavy (non-hydrogen) atoms. The molecule has 3 N–H and O–H groups in total. The predicted octanol–water partition coefficient (Wildman–Crippen LogP) is 0.899. The van der Waals surface area contributed by atoms with E-state index in [0.717, 1.165) is 6.54 Å². The van der Waals surface area contributed by atoms with Crippen LogP contribution in [0.15, 0.2) is 24.9 Å². The molecule has 1 aromatic rings. The summed E-state index contributed by atoms with van der Waals surface area (Å²) in [5.74, 6) is 0.616. The highest BCUT2D eigenvalue weighted by Crippen LogP contribution is 2.27. The molecule has 0 saturated carbocycles. The number of hydrogen-bond acceptors (Lipinski definition) is 5. The molecule has 1 aromatic heterocycles. The molecule has 1 aliphatic heterocycles. The van der Waals surface area contributed by atoms with Crippen molar-refractivity contribution in [3.8, 4) is 5.75 Å². The number of nitrogens with two attached hydrogens (primary N) is 1. The minimum atomic E-state index is -0.984. The number of hydrogen-bond donors (Lipinski definition) is 2. The van der Waals surface area contributed by atoms with Gasteiger partial charge in [-0.15, -0.1) is 0 Å². The lowest BCUT2D eigenvalue weighted by Gasteiger charge is -2.27. The topological polar surface area (TPSA) is 73.1 Å². The van der Waals surface area contributed by atoms with E-state index in [0.29, 0.717) is 24.5 Å². The molecule has 1 fully saturated rings. The zero-order chi connectivity index (χ0) is 12.3. The Hall–Kier alpha value is -1.69. The van der Waals surface area contributed by atoms with Gasteiger partial charge >= 0.3 is 0 Å². The van der Waals surface area contributed by atoms with Crippen LogP contribution in [-0.2, 0) is 0 Å². The van der Waals surface area contributed by atoms with Crippen LogP contribution in [0.3, 0.4) is 0 Å². The Labute approximate surface area is 98.9 Å². The van der Waals surface area contributed by atoms with E-state index in [1.807, 2.05) is 0 Å². The van der Waals surface area contributed by atoms with E-state index in [4.69, 9.17) is 10.5 Å². The Morgan fingerprint density at radius 3 is 3.18 bits per heavy atom. The molecular weight excluding hydrogens is 223 g/mol. The van der Waals surface area contributed by atoms with Crippen LogP contribution in [0.5, 0.6) is 5.75 Å². The highest BCUT2D eigenvalue weighted by Gasteiger charge is 2.28. The molecule has 0 bridgehead atoms. The third kappa shape index (κ3) is 2.71. The van der Waals surface area contributed by atoms with Crippen molar-refractivity contribution in [2.24, 2.45) is 5.92 Å². The number of nitrogens with one attached hydrogen (secondary N) is 1. The van der Waals surface area contributed by atoms with Gasteiger partial charge in [0, 0.05) is 6.54 Å². The Bertz CT molecular complexity index is 412. The summed E-state index contributed by atoms with van der Waals surface area (Å²) in [7, 11) is 0. The molecule has 1 aliphatic rings. The number of halogens is 1. The molecule has 0 radical (unpaired) electrons. The summed E-state index contributed by atoms with van der Waals surface area (Å²) in [5.41, 5.74) is 5.61. The highest BCUT2D eigenvalue weighted by molar-refractivity contribution is 5.43. The van der Waals surface area contributed by atoms with Gasteiger partial charge in [-0.05, 0) is 13.0 Å². The molecule has 6 heteroatoms. The fraction of sp³-hybridized carbons (Fsp3) is 0.455. The van der Waals surface area contributed by atoms with Gasteiger partial charge in [-0.3, -0.25) is 0 Å². The highest BCUT2D eigenvalue weighted by atomic mass is 19.1. The van der Waals surface area contributed by atoms with Crippen LogP contribution in [0, 0.1) is 5.92 Å². The normalized spacial score (nSPS) is 24.3. The van der Waals surface area contributed by atoms with Gasteiger partial charge in [0.25, 0.3) is 0 Å². The van der Waals surface area contributed by atoms with Crippen molar-refractivity contribution in [3.05, 3.63) is 24.9 Å². The fourth-order valence-electron chi connectivity index (χ4n) is 1.81. The van der Waals surface area contributed by atoms with E-state index >= 15 is 0 Å². The molecule has 2 rings (SSSR count). The molecule has 1 saturated heterocycles. The Morgan fingerprint density at radius 2 is 2.47 bits per heavy atom. The van der Waals surface area contributed by atoms with Crippen LogP contribution >= 0.6 is 0 Å². The third-order valence-electron chi connectivity index (χ3n) is 2.77. The monoisotopic (exact) mass is 238 g/mol. The smallest absolute Gasteiger partial charge is 0.187 e. The fourth-order valence-corrected chi connectivity index (χ4v) is 1.81. The molecule has 2 atom stereocenters. The molecular formula is C11H15FN4O. The number of rotatable bonds is 3. The summed E-state index contributed by atoms with van der Waals surface area (Å²) in [6.07, 6.45) is 2.45.